The summed E-state index contributed by atoms with van der Waals surface area (Å²) >= 11 is 0. The molecule has 0 amide bonds. The van der Waals surface area contributed by atoms with Crippen molar-refractivity contribution in [1.82, 2.24) is 23.8 Å². The van der Waals surface area contributed by atoms with Gasteiger partial charge in [-0.1, -0.05) is 32.0 Å². The van der Waals surface area contributed by atoms with Gasteiger partial charge in [-0.05, 0) is 18.1 Å². The second kappa shape index (κ2) is 6.72. The fourth-order valence-electron chi connectivity index (χ4n) is 3.11. The number of rotatable bonds is 4. The van der Waals surface area contributed by atoms with Crippen LogP contribution in [0.3, 0.4) is 0 Å². The van der Waals surface area contributed by atoms with Crippen molar-refractivity contribution in [2.45, 2.75) is 24.7 Å². The predicted octanol–water partition coefficient (Wildman–Crippen LogP) is 2.12. The molecular weight excluding hydrogens is 392 g/mol. The van der Waals surface area contributed by atoms with Crippen molar-refractivity contribution in [3.63, 3.8) is 0 Å². The molecule has 0 spiro atoms. The summed E-state index contributed by atoms with van der Waals surface area (Å²) in [4.78, 5) is 17.5. The predicted molar refractivity (Wildman–Crippen MR) is 105 cm³/mol. The smallest absolute Gasteiger partial charge is 0.282 e. The molecule has 9 nitrogen and oxygen atoms in total. The van der Waals surface area contributed by atoms with Crippen LogP contribution in [0.25, 0.3) is 16.9 Å². The first-order valence-corrected chi connectivity index (χ1v) is 10.2. The molecule has 3 heterocycles. The molecule has 0 bridgehead atoms. The minimum absolute atomic E-state index is 0.0969. The molecule has 0 aliphatic heterocycles. The fourth-order valence-corrected chi connectivity index (χ4v) is 4.25. The average molecular weight is 408 g/mol. The number of fused-ring (bicyclic) bond motifs is 1. The molecule has 10 heteroatoms. The van der Waals surface area contributed by atoms with Crippen LogP contribution in [0.2, 0.25) is 0 Å². The molecule has 0 unspecified atom stereocenters. The molecule has 0 radical (unpaired) electrons. The van der Waals surface area contributed by atoms with E-state index in [1.165, 1.54) is 35.2 Å². The summed E-state index contributed by atoms with van der Waals surface area (Å²) in [6.07, 6.45) is 4.08. The third-order valence-electron chi connectivity index (χ3n) is 4.52. The molecule has 4 rings (SSSR count). The van der Waals surface area contributed by atoms with Crippen molar-refractivity contribution in [2.75, 3.05) is 0 Å². The third-order valence-corrected chi connectivity index (χ3v) is 6.08. The highest BCUT2D eigenvalue weighted by atomic mass is 32.2. The number of benzene rings is 1. The summed E-state index contributed by atoms with van der Waals surface area (Å²) in [6.45, 7) is 3.68. The van der Waals surface area contributed by atoms with Crippen LogP contribution in [0.5, 0.6) is 0 Å². The highest BCUT2D eigenvalue weighted by Gasteiger charge is 2.23. The molecule has 0 aliphatic carbocycles. The van der Waals surface area contributed by atoms with Crippen LogP contribution in [0.4, 0.5) is 0 Å². The minimum atomic E-state index is -3.88. The van der Waals surface area contributed by atoms with E-state index in [0.717, 1.165) is 4.09 Å². The van der Waals surface area contributed by atoms with Gasteiger partial charge in [0.15, 0.2) is 5.65 Å². The van der Waals surface area contributed by atoms with Gasteiger partial charge in [0, 0.05) is 17.3 Å². The van der Waals surface area contributed by atoms with Gasteiger partial charge >= 0.3 is 0 Å². The van der Waals surface area contributed by atoms with E-state index in [1.807, 2.05) is 19.9 Å². The Balaban J connectivity index is 1.94. The number of aromatic nitrogens is 5. The second-order valence-corrected chi connectivity index (χ2v) is 8.51. The zero-order valence-corrected chi connectivity index (χ0v) is 16.4. The van der Waals surface area contributed by atoms with Crippen LogP contribution in [-0.2, 0) is 10.0 Å². The Morgan fingerprint density at radius 2 is 1.93 bits per heavy atom. The van der Waals surface area contributed by atoms with E-state index in [2.05, 4.69) is 15.2 Å². The lowest BCUT2D eigenvalue weighted by molar-refractivity contribution is 0.580. The van der Waals surface area contributed by atoms with E-state index < -0.39 is 10.0 Å². The summed E-state index contributed by atoms with van der Waals surface area (Å²) in [7, 11) is -3.88. The van der Waals surface area contributed by atoms with E-state index in [9.17, 15) is 18.5 Å². The van der Waals surface area contributed by atoms with Crippen molar-refractivity contribution < 1.29 is 8.42 Å². The van der Waals surface area contributed by atoms with Gasteiger partial charge in [-0.15, -0.1) is 0 Å². The molecule has 1 aromatic carbocycles. The Bertz CT molecular complexity index is 1420. The average Bonchev–Trinajstić information content (AvgIpc) is 3.35. The van der Waals surface area contributed by atoms with Gasteiger partial charge in [-0.2, -0.15) is 22.9 Å². The zero-order valence-electron chi connectivity index (χ0n) is 15.6. The molecule has 29 heavy (non-hydrogen) atoms. The topological polar surface area (TPSA) is 126 Å². The molecule has 0 aliphatic rings. The summed E-state index contributed by atoms with van der Waals surface area (Å²) in [6, 6.07) is 9.91. The molecule has 0 saturated carbocycles. The molecule has 1 N–H and O–H groups in total. The lowest BCUT2D eigenvalue weighted by atomic mass is 10.00. The molecular formula is C19H16N6O3S. The monoisotopic (exact) mass is 408 g/mol. The van der Waals surface area contributed by atoms with Gasteiger partial charge in [-0.3, -0.25) is 9.89 Å². The minimum Gasteiger partial charge on any atom is -0.295 e. The lowest BCUT2D eigenvalue weighted by Crippen LogP contribution is -2.22. The van der Waals surface area contributed by atoms with Gasteiger partial charge in [0.1, 0.15) is 11.6 Å². The number of nitrogens with one attached hydrogen (secondary N) is 1. The first-order chi connectivity index (χ1) is 13.8. The highest BCUT2D eigenvalue weighted by Crippen LogP contribution is 2.26. The SMILES string of the molecule is CC(C)c1c(-c2cnn(S(=O)(=O)c3ccccc3)c2)nc2c(C#N)c[nH]n2c1=O. The highest BCUT2D eigenvalue weighted by molar-refractivity contribution is 7.89. The van der Waals surface area contributed by atoms with Gasteiger partial charge in [-0.25, -0.2) is 9.50 Å². The van der Waals surface area contributed by atoms with E-state index in [-0.39, 0.29) is 27.6 Å². The van der Waals surface area contributed by atoms with Crippen LogP contribution >= 0.6 is 0 Å². The number of hydrogen-bond donors (Lipinski definition) is 1. The maximum atomic E-state index is 13.0. The Labute approximate surface area is 165 Å². The maximum absolute atomic E-state index is 13.0. The van der Waals surface area contributed by atoms with Crippen LogP contribution in [0.1, 0.15) is 30.9 Å². The van der Waals surface area contributed by atoms with Crippen molar-refractivity contribution in [3.05, 3.63) is 70.4 Å². The Hall–Kier alpha value is -3.71. The van der Waals surface area contributed by atoms with Crippen molar-refractivity contribution in [3.8, 4) is 17.3 Å². The molecule has 0 saturated heterocycles. The number of aromatic amines is 1. The van der Waals surface area contributed by atoms with Crippen LogP contribution in [0.15, 0.2) is 58.6 Å². The summed E-state index contributed by atoms with van der Waals surface area (Å²) < 4.78 is 27.7. The largest absolute Gasteiger partial charge is 0.295 e. The normalized spacial score (nSPS) is 11.8. The first kappa shape index (κ1) is 18.6. The summed E-state index contributed by atoms with van der Waals surface area (Å²) in [5.74, 6) is -0.190. The van der Waals surface area contributed by atoms with Crippen molar-refractivity contribution in [2.24, 2.45) is 0 Å². The lowest BCUT2D eigenvalue weighted by Gasteiger charge is -2.10. The Morgan fingerprint density at radius 3 is 2.59 bits per heavy atom. The van der Waals surface area contributed by atoms with E-state index in [0.29, 0.717) is 16.8 Å². The van der Waals surface area contributed by atoms with Crippen LogP contribution in [-0.4, -0.2) is 32.2 Å². The summed E-state index contributed by atoms with van der Waals surface area (Å²) in [5.41, 5.74) is 1.11. The van der Waals surface area contributed by atoms with Gasteiger partial charge in [0.25, 0.3) is 15.6 Å². The molecule has 4 aromatic rings. The molecule has 146 valence electrons. The van der Waals surface area contributed by atoms with Crippen molar-refractivity contribution in [1.29, 1.82) is 5.26 Å². The number of nitriles is 1. The summed E-state index contributed by atoms with van der Waals surface area (Å²) in [5, 5.41) is 16.0. The number of H-pyrrole nitrogens is 1. The zero-order chi connectivity index (χ0) is 20.8. The first-order valence-electron chi connectivity index (χ1n) is 8.74. The van der Waals surface area contributed by atoms with Gasteiger partial charge in [0.05, 0.1) is 23.0 Å². The van der Waals surface area contributed by atoms with E-state index in [4.69, 9.17) is 0 Å². The van der Waals surface area contributed by atoms with Gasteiger partial charge in [0.2, 0.25) is 0 Å². The molecule has 0 atom stereocenters. The number of hydrogen-bond acceptors (Lipinski definition) is 6. The third kappa shape index (κ3) is 2.92. The van der Waals surface area contributed by atoms with Crippen LogP contribution in [0, 0.1) is 11.3 Å². The molecule has 0 fully saturated rings. The molecule has 3 aromatic heterocycles. The van der Waals surface area contributed by atoms with E-state index >= 15 is 0 Å². The second-order valence-electron chi connectivity index (χ2n) is 6.71. The van der Waals surface area contributed by atoms with E-state index in [1.54, 1.807) is 18.2 Å². The quantitative estimate of drug-likeness (QED) is 0.551. The fraction of sp³-hybridized carbons (Fsp3) is 0.158. The van der Waals surface area contributed by atoms with Crippen LogP contribution < -0.4 is 5.56 Å². The standard InChI is InChI=1S/C19H16N6O3S/c1-12(2)16-17(23-18-13(8-20)9-22-25(18)19(16)26)14-10-21-24(11-14)29(27,28)15-6-4-3-5-7-15/h3-7,9-12,22H,1-2H3. The number of nitrogens with zero attached hydrogens (tertiary/aromatic N) is 5. The Kier molecular flexibility index (Phi) is 4.32. The maximum Gasteiger partial charge on any atom is 0.282 e. The van der Waals surface area contributed by atoms with Crippen molar-refractivity contribution >= 4 is 15.7 Å². The van der Waals surface area contributed by atoms with Gasteiger partial charge < -0.3 is 0 Å². The Morgan fingerprint density at radius 1 is 1.21 bits per heavy atom.